The van der Waals surface area contributed by atoms with Crippen LogP contribution in [0.2, 0.25) is 0 Å². The van der Waals surface area contributed by atoms with E-state index in [1.807, 2.05) is 40.7 Å². The number of hydrogen-bond acceptors (Lipinski definition) is 5. The number of aliphatic hydroxyl groups excluding tert-OH is 1. The van der Waals surface area contributed by atoms with Crippen LogP contribution in [-0.4, -0.2) is 21.2 Å². The van der Waals surface area contributed by atoms with Gasteiger partial charge in [-0.25, -0.2) is 4.98 Å². The van der Waals surface area contributed by atoms with Crippen molar-refractivity contribution >= 4 is 22.7 Å². The number of imidazole rings is 1. The largest absolute Gasteiger partial charge is 0.387 e. The summed E-state index contributed by atoms with van der Waals surface area (Å²) in [6.45, 7) is 0.492. The highest BCUT2D eigenvalue weighted by Gasteiger charge is 2.20. The van der Waals surface area contributed by atoms with Crippen molar-refractivity contribution in [2.75, 3.05) is 6.54 Å². The molecule has 4 nitrogen and oxygen atoms in total. The van der Waals surface area contributed by atoms with E-state index in [1.54, 1.807) is 28.9 Å². The van der Waals surface area contributed by atoms with Crippen LogP contribution < -0.4 is 5.32 Å². The normalized spacial score (nSPS) is 14.2. The van der Waals surface area contributed by atoms with Crippen molar-refractivity contribution in [3.8, 4) is 0 Å². The molecule has 0 spiro atoms. The summed E-state index contributed by atoms with van der Waals surface area (Å²) in [7, 11) is 1.99. The molecule has 6 heteroatoms. The fraction of sp³-hybridized carbons (Fsp3) is 0.267. The first-order valence-corrected chi connectivity index (χ1v) is 8.52. The van der Waals surface area contributed by atoms with Crippen LogP contribution in [0, 0.1) is 0 Å². The van der Waals surface area contributed by atoms with Crippen LogP contribution >= 0.6 is 22.7 Å². The number of rotatable bonds is 6. The van der Waals surface area contributed by atoms with Crippen molar-refractivity contribution in [3.05, 3.63) is 63.0 Å². The second-order valence-corrected chi connectivity index (χ2v) is 6.58. The minimum atomic E-state index is -0.501. The van der Waals surface area contributed by atoms with Crippen LogP contribution in [0.15, 0.2) is 46.7 Å². The van der Waals surface area contributed by atoms with E-state index < -0.39 is 6.10 Å². The predicted octanol–water partition coefficient (Wildman–Crippen LogP) is 2.96. The number of nitrogens with one attached hydrogen (secondary N) is 1. The minimum Gasteiger partial charge on any atom is -0.387 e. The molecular weight excluding hydrogens is 302 g/mol. The molecule has 110 valence electrons. The fourth-order valence-corrected chi connectivity index (χ4v) is 3.75. The molecule has 0 saturated heterocycles. The Balaban J connectivity index is 1.76. The summed E-state index contributed by atoms with van der Waals surface area (Å²) in [6.07, 6.45) is 3.24. The van der Waals surface area contributed by atoms with Crippen molar-refractivity contribution in [1.82, 2.24) is 14.9 Å². The highest BCUT2D eigenvalue weighted by Crippen LogP contribution is 2.25. The summed E-state index contributed by atoms with van der Waals surface area (Å²) >= 11 is 3.29. The third kappa shape index (κ3) is 3.24. The van der Waals surface area contributed by atoms with Crippen molar-refractivity contribution in [3.63, 3.8) is 0 Å². The highest BCUT2D eigenvalue weighted by atomic mass is 32.1. The zero-order chi connectivity index (χ0) is 14.7. The Morgan fingerprint density at radius 3 is 2.90 bits per heavy atom. The van der Waals surface area contributed by atoms with Gasteiger partial charge in [-0.1, -0.05) is 6.07 Å². The standard InChI is InChI=1S/C15H17N3OS2/c1-18-6-5-16-15(18)14(13-3-2-7-21-13)17-9-12(19)11-4-8-20-10-11/h2-8,10,12,14,17,19H,9H2,1H3. The maximum atomic E-state index is 10.2. The Kier molecular flexibility index (Phi) is 4.50. The van der Waals surface area contributed by atoms with Crippen molar-refractivity contribution in [1.29, 1.82) is 0 Å². The minimum absolute atomic E-state index is 0.00159. The summed E-state index contributed by atoms with van der Waals surface area (Å²) in [6, 6.07) is 6.08. The van der Waals surface area contributed by atoms with E-state index in [9.17, 15) is 5.11 Å². The Hall–Kier alpha value is -1.47. The molecule has 0 aliphatic heterocycles. The van der Waals surface area contributed by atoms with Crippen LogP contribution in [0.25, 0.3) is 0 Å². The molecule has 3 aromatic rings. The molecule has 3 heterocycles. The molecule has 3 rings (SSSR count). The number of thiophene rings is 2. The molecule has 2 unspecified atom stereocenters. The summed E-state index contributed by atoms with van der Waals surface area (Å²) in [5, 5.41) is 19.7. The van der Waals surface area contributed by atoms with E-state index in [4.69, 9.17) is 0 Å². The maximum absolute atomic E-state index is 10.2. The van der Waals surface area contributed by atoms with Gasteiger partial charge in [0, 0.05) is 30.9 Å². The molecule has 0 radical (unpaired) electrons. The molecule has 0 fully saturated rings. The van der Waals surface area contributed by atoms with Crippen LogP contribution in [-0.2, 0) is 7.05 Å². The summed E-state index contributed by atoms with van der Waals surface area (Å²) in [4.78, 5) is 5.64. The molecule has 0 aliphatic rings. The number of aryl methyl sites for hydroxylation is 1. The Labute approximate surface area is 131 Å². The third-order valence-electron chi connectivity index (χ3n) is 3.39. The smallest absolute Gasteiger partial charge is 0.131 e. The zero-order valence-corrected chi connectivity index (χ0v) is 13.3. The van der Waals surface area contributed by atoms with Crippen LogP contribution in [0.1, 0.15) is 28.4 Å². The van der Waals surface area contributed by atoms with E-state index in [0.717, 1.165) is 11.4 Å². The van der Waals surface area contributed by atoms with Gasteiger partial charge in [0.15, 0.2) is 0 Å². The molecule has 0 aromatic carbocycles. The van der Waals surface area contributed by atoms with Gasteiger partial charge in [0.25, 0.3) is 0 Å². The van der Waals surface area contributed by atoms with Gasteiger partial charge in [-0.15, -0.1) is 11.3 Å². The lowest BCUT2D eigenvalue weighted by Gasteiger charge is -2.19. The van der Waals surface area contributed by atoms with Gasteiger partial charge in [-0.3, -0.25) is 0 Å². The molecule has 2 atom stereocenters. The average molecular weight is 319 g/mol. The molecule has 0 bridgehead atoms. The first-order chi connectivity index (χ1) is 10.3. The first kappa shape index (κ1) is 14.5. The van der Waals surface area contributed by atoms with Crippen molar-refractivity contribution in [2.45, 2.75) is 12.1 Å². The summed E-state index contributed by atoms with van der Waals surface area (Å²) in [5.41, 5.74) is 0.956. The van der Waals surface area contributed by atoms with Crippen LogP contribution in [0.4, 0.5) is 0 Å². The quantitative estimate of drug-likeness (QED) is 0.734. The number of aliphatic hydroxyl groups is 1. The Morgan fingerprint density at radius 1 is 1.38 bits per heavy atom. The molecule has 3 aromatic heterocycles. The predicted molar refractivity (Wildman–Crippen MR) is 86.7 cm³/mol. The van der Waals surface area contributed by atoms with Gasteiger partial charge >= 0.3 is 0 Å². The van der Waals surface area contributed by atoms with E-state index in [1.165, 1.54) is 4.88 Å². The molecule has 0 aliphatic carbocycles. The molecular formula is C15H17N3OS2. The van der Waals surface area contributed by atoms with E-state index in [-0.39, 0.29) is 6.04 Å². The fourth-order valence-electron chi connectivity index (χ4n) is 2.24. The SMILES string of the molecule is Cn1ccnc1C(NCC(O)c1ccsc1)c1cccs1. The van der Waals surface area contributed by atoms with Crippen molar-refractivity contribution in [2.24, 2.45) is 7.05 Å². The van der Waals surface area contributed by atoms with Gasteiger partial charge in [-0.2, -0.15) is 11.3 Å². The number of hydrogen-bond donors (Lipinski definition) is 2. The second-order valence-electron chi connectivity index (χ2n) is 4.83. The molecule has 21 heavy (non-hydrogen) atoms. The average Bonchev–Trinajstić information content (AvgIpc) is 3.21. The lowest BCUT2D eigenvalue weighted by Crippen LogP contribution is -2.28. The van der Waals surface area contributed by atoms with Gasteiger partial charge in [-0.05, 0) is 33.8 Å². The summed E-state index contributed by atoms with van der Waals surface area (Å²) in [5.74, 6) is 0.954. The topological polar surface area (TPSA) is 50.1 Å². The first-order valence-electron chi connectivity index (χ1n) is 6.70. The second kappa shape index (κ2) is 6.53. The van der Waals surface area contributed by atoms with Gasteiger partial charge in [0.05, 0.1) is 6.10 Å². The zero-order valence-electron chi connectivity index (χ0n) is 11.6. The molecule has 2 N–H and O–H groups in total. The van der Waals surface area contributed by atoms with E-state index >= 15 is 0 Å². The lowest BCUT2D eigenvalue weighted by atomic mass is 10.1. The van der Waals surface area contributed by atoms with Gasteiger partial charge in [0.2, 0.25) is 0 Å². The third-order valence-corrected chi connectivity index (χ3v) is 5.03. The van der Waals surface area contributed by atoms with E-state index in [0.29, 0.717) is 6.54 Å². The molecule has 0 saturated carbocycles. The maximum Gasteiger partial charge on any atom is 0.131 e. The number of aromatic nitrogens is 2. The Morgan fingerprint density at radius 2 is 2.29 bits per heavy atom. The molecule has 0 amide bonds. The lowest BCUT2D eigenvalue weighted by molar-refractivity contribution is 0.172. The van der Waals surface area contributed by atoms with Gasteiger partial charge in [0.1, 0.15) is 11.9 Å². The Bertz CT molecular complexity index is 661. The van der Waals surface area contributed by atoms with Crippen LogP contribution in [0.3, 0.4) is 0 Å². The van der Waals surface area contributed by atoms with Crippen LogP contribution in [0.5, 0.6) is 0 Å². The van der Waals surface area contributed by atoms with Crippen molar-refractivity contribution < 1.29 is 5.11 Å². The summed E-state index contributed by atoms with van der Waals surface area (Å²) < 4.78 is 2.01. The monoisotopic (exact) mass is 319 g/mol. The van der Waals surface area contributed by atoms with E-state index in [2.05, 4.69) is 21.7 Å². The highest BCUT2D eigenvalue weighted by molar-refractivity contribution is 7.10. The van der Waals surface area contributed by atoms with Gasteiger partial charge < -0.3 is 15.0 Å². The number of nitrogens with zero attached hydrogens (tertiary/aromatic N) is 2.